The van der Waals surface area contributed by atoms with Crippen molar-refractivity contribution in [2.24, 2.45) is 0 Å². The van der Waals surface area contributed by atoms with Crippen LogP contribution in [0.3, 0.4) is 0 Å². The van der Waals surface area contributed by atoms with Crippen LogP contribution in [0, 0.1) is 0 Å². The highest BCUT2D eigenvalue weighted by atomic mass is 16.5. The number of rotatable bonds is 2. The molecule has 0 spiro atoms. The Kier molecular flexibility index (Phi) is 4.45. The fourth-order valence-corrected chi connectivity index (χ4v) is 7.30. The molecule has 1 aliphatic rings. The maximum absolute atomic E-state index is 6.48. The fraction of sp³-hybridized carbons (Fsp3) is 0. The lowest BCUT2D eigenvalue weighted by Gasteiger charge is -2.22. The highest BCUT2D eigenvalue weighted by Crippen LogP contribution is 2.47. The normalized spacial score (nSPS) is 12.4. The Hall–Kier alpha value is -5.80. The minimum absolute atomic E-state index is 0.872. The molecule has 0 aliphatic carbocycles. The summed E-state index contributed by atoms with van der Waals surface area (Å²) in [6, 6.07) is 52.3. The first-order valence-corrected chi connectivity index (χ1v) is 14.7. The van der Waals surface area contributed by atoms with Crippen LogP contribution in [0.1, 0.15) is 0 Å². The summed E-state index contributed by atoms with van der Waals surface area (Å²) in [4.78, 5) is 0. The predicted octanol–water partition coefficient (Wildman–Crippen LogP) is 10.8. The second kappa shape index (κ2) is 8.37. The minimum Gasteiger partial charge on any atom is -0.453 e. The third kappa shape index (κ3) is 3.03. The van der Waals surface area contributed by atoms with E-state index in [-0.39, 0.29) is 0 Å². The molecule has 2 aromatic heterocycles. The van der Waals surface area contributed by atoms with Crippen LogP contribution in [0.25, 0.3) is 76.9 Å². The monoisotopic (exact) mass is 548 g/mol. The number of fused-ring (bicyclic) bond motifs is 9. The first-order chi connectivity index (χ1) is 21.3. The van der Waals surface area contributed by atoms with Gasteiger partial charge in [-0.15, -0.1) is 0 Å². The van der Waals surface area contributed by atoms with Crippen LogP contribution in [0.4, 0.5) is 0 Å². The van der Waals surface area contributed by atoms with Crippen LogP contribution in [0.2, 0.25) is 0 Å². The van der Waals surface area contributed by atoms with E-state index >= 15 is 0 Å². The van der Waals surface area contributed by atoms with Crippen molar-refractivity contribution < 1.29 is 4.74 Å². The average Bonchev–Trinajstić information content (AvgIpc) is 3.59. The van der Waals surface area contributed by atoms with Gasteiger partial charge in [0.15, 0.2) is 11.5 Å². The SMILES string of the molecule is c1ccc2c(-n3c4ccccc4c4ccccc43)ccc(-c3ccc4c(c3)-n3c5ccccc5c5cccc(c53)O4)c2c1. The highest BCUT2D eigenvalue weighted by molar-refractivity contribution is 6.13. The van der Waals surface area contributed by atoms with Crippen LogP contribution in [-0.2, 0) is 0 Å². The molecule has 0 saturated carbocycles. The summed E-state index contributed by atoms with van der Waals surface area (Å²) >= 11 is 0. The summed E-state index contributed by atoms with van der Waals surface area (Å²) in [5.74, 6) is 1.77. The summed E-state index contributed by atoms with van der Waals surface area (Å²) < 4.78 is 11.3. The van der Waals surface area contributed by atoms with Gasteiger partial charge in [-0.05, 0) is 59.0 Å². The van der Waals surface area contributed by atoms with Crippen LogP contribution < -0.4 is 4.74 Å². The molecule has 0 saturated heterocycles. The van der Waals surface area contributed by atoms with Crippen molar-refractivity contribution in [3.8, 4) is 34.0 Å². The van der Waals surface area contributed by atoms with Gasteiger partial charge >= 0.3 is 0 Å². The number of hydrogen-bond donors (Lipinski definition) is 0. The third-order valence-corrected chi connectivity index (χ3v) is 9.11. The number of benzene rings is 7. The van der Waals surface area contributed by atoms with Gasteiger partial charge in [0.2, 0.25) is 0 Å². The van der Waals surface area contributed by atoms with Crippen molar-refractivity contribution >= 4 is 54.4 Å². The Morgan fingerprint density at radius 2 is 0.953 bits per heavy atom. The zero-order valence-corrected chi connectivity index (χ0v) is 23.2. The molecule has 1 aliphatic heterocycles. The molecule has 0 radical (unpaired) electrons. The molecule has 0 bridgehead atoms. The van der Waals surface area contributed by atoms with Gasteiger partial charge in [0, 0.05) is 26.9 Å². The van der Waals surface area contributed by atoms with E-state index < -0.39 is 0 Å². The fourth-order valence-electron chi connectivity index (χ4n) is 7.30. The number of aromatic nitrogens is 2. The summed E-state index contributed by atoms with van der Waals surface area (Å²) in [6.45, 7) is 0. The summed E-state index contributed by atoms with van der Waals surface area (Å²) in [5.41, 5.74) is 9.37. The van der Waals surface area contributed by atoms with E-state index in [1.807, 2.05) is 0 Å². The number of para-hydroxylation sites is 4. The van der Waals surface area contributed by atoms with Gasteiger partial charge < -0.3 is 13.9 Å². The Morgan fingerprint density at radius 1 is 0.372 bits per heavy atom. The second-order valence-corrected chi connectivity index (χ2v) is 11.3. The van der Waals surface area contributed by atoms with Crippen LogP contribution in [-0.4, -0.2) is 9.13 Å². The smallest absolute Gasteiger partial charge is 0.152 e. The average molecular weight is 549 g/mol. The molecular formula is C40H24N2O. The molecule has 3 heterocycles. The molecule has 3 heteroatoms. The van der Waals surface area contributed by atoms with Crippen LogP contribution in [0.15, 0.2) is 146 Å². The number of nitrogens with zero attached hydrogens (tertiary/aromatic N) is 2. The first kappa shape index (κ1) is 22.8. The molecule has 0 fully saturated rings. The van der Waals surface area contributed by atoms with E-state index in [0.29, 0.717) is 0 Å². The van der Waals surface area contributed by atoms with Gasteiger partial charge in [-0.2, -0.15) is 0 Å². The van der Waals surface area contributed by atoms with Crippen molar-refractivity contribution in [2.45, 2.75) is 0 Å². The lowest BCUT2D eigenvalue weighted by atomic mass is 9.96. The van der Waals surface area contributed by atoms with E-state index in [1.165, 1.54) is 60.1 Å². The van der Waals surface area contributed by atoms with E-state index in [2.05, 4.69) is 155 Å². The van der Waals surface area contributed by atoms with Gasteiger partial charge in [-0.3, -0.25) is 0 Å². The van der Waals surface area contributed by atoms with Crippen molar-refractivity contribution in [2.75, 3.05) is 0 Å². The Morgan fingerprint density at radius 3 is 1.67 bits per heavy atom. The maximum atomic E-state index is 6.48. The number of hydrogen-bond acceptors (Lipinski definition) is 1. The standard InChI is InChI=1S/C40H24N2O/c1-2-11-28-27(10-1)26(21-22-36(28)41-33-16-6-3-12-29(33)30-13-4-7-17-34(30)41)25-20-23-38-37(24-25)42-35-18-8-5-14-31(35)32-15-9-19-39(43-38)40(32)42/h1-24H. The van der Waals surface area contributed by atoms with Crippen LogP contribution >= 0.6 is 0 Å². The zero-order valence-electron chi connectivity index (χ0n) is 23.2. The van der Waals surface area contributed by atoms with E-state index in [1.54, 1.807) is 0 Å². The van der Waals surface area contributed by atoms with Crippen molar-refractivity contribution in [3.63, 3.8) is 0 Å². The summed E-state index contributed by atoms with van der Waals surface area (Å²) in [7, 11) is 0. The lowest BCUT2D eigenvalue weighted by molar-refractivity contribution is 0.476. The Bertz CT molecular complexity index is 2550. The van der Waals surface area contributed by atoms with Gasteiger partial charge in [0.1, 0.15) is 0 Å². The van der Waals surface area contributed by atoms with Crippen molar-refractivity contribution in [3.05, 3.63) is 146 Å². The van der Waals surface area contributed by atoms with Crippen molar-refractivity contribution in [1.82, 2.24) is 9.13 Å². The Labute approximate surface area is 247 Å². The molecule has 43 heavy (non-hydrogen) atoms. The zero-order chi connectivity index (χ0) is 28.1. The first-order valence-electron chi connectivity index (χ1n) is 14.7. The topological polar surface area (TPSA) is 19.1 Å². The van der Waals surface area contributed by atoms with E-state index in [0.717, 1.165) is 28.3 Å². The van der Waals surface area contributed by atoms with Crippen LogP contribution in [0.5, 0.6) is 11.5 Å². The largest absolute Gasteiger partial charge is 0.453 e. The molecule has 200 valence electrons. The molecule has 3 nitrogen and oxygen atoms in total. The molecule has 7 aromatic carbocycles. The van der Waals surface area contributed by atoms with Gasteiger partial charge in [0.05, 0.1) is 33.4 Å². The molecule has 0 N–H and O–H groups in total. The molecule has 0 amide bonds. The number of ether oxygens (including phenoxy) is 1. The van der Waals surface area contributed by atoms with Gasteiger partial charge in [-0.1, -0.05) is 103 Å². The molecule has 10 rings (SSSR count). The second-order valence-electron chi connectivity index (χ2n) is 11.3. The Balaban J connectivity index is 1.23. The molecular weight excluding hydrogens is 524 g/mol. The maximum Gasteiger partial charge on any atom is 0.152 e. The predicted molar refractivity (Wildman–Crippen MR) is 178 cm³/mol. The third-order valence-electron chi connectivity index (χ3n) is 9.11. The van der Waals surface area contributed by atoms with E-state index in [9.17, 15) is 0 Å². The van der Waals surface area contributed by atoms with Crippen molar-refractivity contribution in [1.29, 1.82) is 0 Å². The van der Waals surface area contributed by atoms with Gasteiger partial charge in [0.25, 0.3) is 0 Å². The lowest BCUT2D eigenvalue weighted by Crippen LogP contribution is -2.04. The van der Waals surface area contributed by atoms with E-state index in [4.69, 9.17) is 4.74 Å². The molecule has 0 atom stereocenters. The summed E-state index contributed by atoms with van der Waals surface area (Å²) in [6.07, 6.45) is 0. The van der Waals surface area contributed by atoms with Gasteiger partial charge in [-0.25, -0.2) is 0 Å². The quantitative estimate of drug-likeness (QED) is 0.210. The summed E-state index contributed by atoms with van der Waals surface area (Å²) in [5, 5.41) is 7.44. The highest BCUT2D eigenvalue weighted by Gasteiger charge is 2.24. The minimum atomic E-state index is 0.872. The molecule has 0 unspecified atom stereocenters. The molecule has 9 aromatic rings.